The van der Waals surface area contributed by atoms with Crippen molar-refractivity contribution in [1.29, 1.82) is 5.26 Å². The Balaban J connectivity index is 2.24. The number of carbonyl (C=O) groups is 6. The van der Waals surface area contributed by atoms with Crippen molar-refractivity contribution in [3.8, 4) is 28.7 Å². The molecule has 2 aromatic carbocycles. The van der Waals surface area contributed by atoms with Gasteiger partial charge in [0.25, 0.3) is 0 Å². The topological polar surface area (TPSA) is 268 Å². The van der Waals surface area contributed by atoms with E-state index < -0.39 is 73.0 Å². The third-order valence-corrected chi connectivity index (χ3v) is 7.47. The molecular weight excluding hydrogens is 652 g/mol. The highest BCUT2D eigenvalue weighted by Crippen LogP contribution is 2.40. The number of ether oxygens (including phenoxy) is 2. The molecule has 0 fully saturated rings. The highest BCUT2D eigenvalue weighted by molar-refractivity contribution is 5.99. The Morgan fingerprint density at radius 1 is 1.06 bits per heavy atom. The smallest absolute Gasteiger partial charge is 0.248 e. The third-order valence-electron chi connectivity index (χ3n) is 7.47. The Labute approximate surface area is 288 Å². The van der Waals surface area contributed by atoms with E-state index in [4.69, 9.17) is 26.2 Å². The van der Waals surface area contributed by atoms with Gasteiger partial charge >= 0.3 is 0 Å². The average molecular weight is 695 g/mol. The molecule has 5 amide bonds. The zero-order valence-corrected chi connectivity index (χ0v) is 27.8. The summed E-state index contributed by atoms with van der Waals surface area (Å²) in [5.41, 5.74) is 13.2. The van der Waals surface area contributed by atoms with Crippen molar-refractivity contribution in [2.45, 2.75) is 37.9 Å². The second kappa shape index (κ2) is 18.8. The van der Waals surface area contributed by atoms with Gasteiger partial charge in [-0.25, -0.2) is 0 Å². The molecule has 0 radical (unpaired) electrons. The van der Waals surface area contributed by atoms with Gasteiger partial charge in [-0.05, 0) is 42.3 Å². The number of rotatable bonds is 14. The van der Waals surface area contributed by atoms with Crippen molar-refractivity contribution in [3.05, 3.63) is 47.5 Å². The molecular formula is C33H42N8O9. The maximum absolute atomic E-state index is 13.9. The lowest BCUT2D eigenvalue weighted by Crippen LogP contribution is -2.54. The van der Waals surface area contributed by atoms with Crippen molar-refractivity contribution in [3.63, 3.8) is 0 Å². The van der Waals surface area contributed by atoms with Crippen LogP contribution in [0.2, 0.25) is 0 Å². The van der Waals surface area contributed by atoms with Crippen LogP contribution < -0.4 is 42.2 Å². The number of nitrogens with one attached hydrogen (secondary N) is 4. The Kier molecular flexibility index (Phi) is 14.6. The standard InChI is InChI=1S/C33H42N8O9/c1-19(43)13-28(44)40-25(18-42)33(48)41(2)30-21-4-6-27(50-12-9-36)23(16-21)22-14-20(3-5-26(22)49-11-8-35)15-24(31(46)37-10-7-34)39-29(45)17-38-32(30)47/h3-6,14,16,24-25,30,42H,8-13,15,17-18,35-36H2,1-2H3,(H,37,46)(H,38,47)(H,39,45)(H,40,44)/t24-,25-,30-/m0/s1. The maximum Gasteiger partial charge on any atom is 0.248 e. The molecule has 0 spiro atoms. The number of aliphatic hydroxyl groups is 1. The van der Waals surface area contributed by atoms with Crippen LogP contribution in [0.3, 0.4) is 0 Å². The van der Waals surface area contributed by atoms with E-state index >= 15 is 0 Å². The van der Waals surface area contributed by atoms with Gasteiger partial charge in [0.05, 0.1) is 25.6 Å². The van der Waals surface area contributed by atoms with Crippen LogP contribution in [0.15, 0.2) is 36.4 Å². The number of aliphatic hydroxyl groups excluding tert-OH is 1. The summed E-state index contributed by atoms with van der Waals surface area (Å²) in [5, 5.41) is 28.8. The molecule has 4 bridgehead atoms. The molecule has 0 unspecified atom stereocenters. The van der Waals surface area contributed by atoms with Crippen molar-refractivity contribution in [2.24, 2.45) is 11.5 Å². The quantitative estimate of drug-likeness (QED) is 0.0819. The molecule has 1 aliphatic rings. The number of ketones is 1. The molecule has 9 N–H and O–H groups in total. The lowest BCUT2D eigenvalue weighted by atomic mass is 9.93. The van der Waals surface area contributed by atoms with Gasteiger partial charge in [0.2, 0.25) is 29.5 Å². The molecule has 0 aromatic heterocycles. The number of likely N-dealkylation sites (N-methyl/N-ethyl adjacent to an activating group) is 1. The summed E-state index contributed by atoms with van der Waals surface area (Å²) in [6.45, 7) is 0.0775. The molecule has 17 nitrogen and oxygen atoms in total. The average Bonchev–Trinajstić information content (AvgIpc) is 3.09. The van der Waals surface area contributed by atoms with Crippen LogP contribution in [-0.2, 0) is 35.2 Å². The summed E-state index contributed by atoms with van der Waals surface area (Å²) in [7, 11) is 1.28. The number of hydrogen-bond acceptors (Lipinski definition) is 12. The van der Waals surface area contributed by atoms with E-state index in [1.807, 2.05) is 6.07 Å². The summed E-state index contributed by atoms with van der Waals surface area (Å²) in [5.74, 6) is -3.61. The van der Waals surface area contributed by atoms with Gasteiger partial charge in [0, 0.05) is 37.7 Å². The zero-order chi connectivity index (χ0) is 36.8. The molecule has 3 rings (SSSR count). The van der Waals surface area contributed by atoms with Crippen molar-refractivity contribution < 1.29 is 43.3 Å². The van der Waals surface area contributed by atoms with Gasteiger partial charge in [-0.15, -0.1) is 0 Å². The third kappa shape index (κ3) is 10.5. The molecule has 0 saturated heterocycles. The molecule has 1 heterocycles. The van der Waals surface area contributed by atoms with Crippen LogP contribution in [0, 0.1) is 11.3 Å². The van der Waals surface area contributed by atoms with E-state index in [-0.39, 0.29) is 44.8 Å². The second-order valence-corrected chi connectivity index (χ2v) is 11.3. The second-order valence-electron chi connectivity index (χ2n) is 11.3. The van der Waals surface area contributed by atoms with Crippen molar-refractivity contribution in [1.82, 2.24) is 26.2 Å². The Morgan fingerprint density at radius 2 is 1.70 bits per heavy atom. The predicted molar refractivity (Wildman–Crippen MR) is 178 cm³/mol. The highest BCUT2D eigenvalue weighted by atomic mass is 16.5. The van der Waals surface area contributed by atoms with E-state index in [1.54, 1.807) is 30.3 Å². The van der Waals surface area contributed by atoms with E-state index in [0.717, 1.165) is 4.90 Å². The van der Waals surface area contributed by atoms with Crippen LogP contribution >= 0.6 is 0 Å². The first-order chi connectivity index (χ1) is 23.9. The van der Waals surface area contributed by atoms with Crippen LogP contribution in [0.4, 0.5) is 0 Å². The van der Waals surface area contributed by atoms with Gasteiger partial charge in [-0.3, -0.25) is 28.8 Å². The first-order valence-corrected chi connectivity index (χ1v) is 15.7. The maximum atomic E-state index is 13.9. The number of carbonyl (C=O) groups excluding carboxylic acids is 6. The van der Waals surface area contributed by atoms with Crippen LogP contribution in [0.25, 0.3) is 11.1 Å². The first kappa shape index (κ1) is 38.9. The monoisotopic (exact) mass is 694 g/mol. The summed E-state index contributed by atoms with van der Waals surface area (Å²) in [4.78, 5) is 78.4. The van der Waals surface area contributed by atoms with Crippen LogP contribution in [0.5, 0.6) is 11.5 Å². The lowest BCUT2D eigenvalue weighted by Gasteiger charge is -2.31. The predicted octanol–water partition coefficient (Wildman–Crippen LogP) is -2.22. The summed E-state index contributed by atoms with van der Waals surface area (Å²) in [6, 6.07) is 7.51. The number of hydrogen-bond donors (Lipinski definition) is 7. The largest absolute Gasteiger partial charge is 0.492 e. The number of amides is 5. The molecule has 0 aliphatic carbocycles. The molecule has 50 heavy (non-hydrogen) atoms. The fourth-order valence-corrected chi connectivity index (χ4v) is 5.22. The van der Waals surface area contributed by atoms with E-state index in [0.29, 0.717) is 28.2 Å². The fraction of sp³-hybridized carbons (Fsp3) is 0.424. The van der Waals surface area contributed by atoms with Gasteiger partial charge in [-0.2, -0.15) is 5.26 Å². The number of Topliss-reactive ketones (excluding diaryl/α,β-unsaturated/α-hetero) is 1. The molecule has 1 aliphatic heterocycles. The fourth-order valence-electron chi connectivity index (χ4n) is 5.22. The SMILES string of the molecule is CC(=O)CC(=O)N[C@@H](CO)C(=O)N(C)[C@@H]1C(=O)NCC(=O)N[C@H](C(=O)NCC#N)Cc2ccc(OCCN)c(c2)-c2cc1ccc2OCCN. The minimum absolute atomic E-state index is 0.00242. The van der Waals surface area contributed by atoms with Gasteiger partial charge in [-0.1, -0.05) is 12.1 Å². The van der Waals surface area contributed by atoms with Crippen molar-refractivity contribution in [2.75, 3.05) is 53.0 Å². The van der Waals surface area contributed by atoms with E-state index in [9.17, 15) is 33.9 Å². The number of nitriles is 1. The number of benzene rings is 2. The molecule has 3 atom stereocenters. The zero-order valence-electron chi connectivity index (χ0n) is 27.8. The number of nitrogens with two attached hydrogens (primary N) is 2. The molecule has 2 aromatic rings. The minimum Gasteiger partial charge on any atom is -0.492 e. The summed E-state index contributed by atoms with van der Waals surface area (Å²) >= 11 is 0. The van der Waals surface area contributed by atoms with E-state index in [1.165, 1.54) is 20.0 Å². The van der Waals surface area contributed by atoms with Gasteiger partial charge < -0.3 is 52.2 Å². The van der Waals surface area contributed by atoms with Crippen LogP contribution in [-0.4, -0.2) is 110 Å². The molecule has 17 heteroatoms. The number of fused-ring (bicyclic) bond motifs is 5. The highest BCUT2D eigenvalue weighted by Gasteiger charge is 2.34. The first-order valence-electron chi connectivity index (χ1n) is 15.7. The Morgan fingerprint density at radius 3 is 2.30 bits per heavy atom. The Bertz CT molecular complexity index is 1630. The molecule has 268 valence electrons. The normalized spacial score (nSPS) is 16.3. The van der Waals surface area contributed by atoms with Crippen LogP contribution in [0.1, 0.15) is 30.5 Å². The van der Waals surface area contributed by atoms with E-state index in [2.05, 4.69) is 21.3 Å². The Hall–Kier alpha value is -5.57. The minimum atomic E-state index is -1.51. The molecule has 0 saturated carbocycles. The summed E-state index contributed by atoms with van der Waals surface area (Å²) < 4.78 is 11.9. The summed E-state index contributed by atoms with van der Waals surface area (Å²) in [6.07, 6.45) is -0.527. The van der Waals surface area contributed by atoms with Crippen molar-refractivity contribution >= 4 is 35.3 Å². The lowest BCUT2D eigenvalue weighted by molar-refractivity contribution is -0.143. The van der Waals surface area contributed by atoms with Gasteiger partial charge in [0.1, 0.15) is 55.2 Å². The number of nitrogens with zero attached hydrogens (tertiary/aromatic N) is 2. The van der Waals surface area contributed by atoms with Gasteiger partial charge in [0.15, 0.2) is 0 Å².